The third-order valence-electron chi connectivity index (χ3n) is 1.45. The minimum absolute atomic E-state index is 0.442. The summed E-state index contributed by atoms with van der Waals surface area (Å²) in [6, 6.07) is -0.442. The van der Waals surface area contributed by atoms with Crippen molar-refractivity contribution >= 4 is 6.29 Å². The van der Waals surface area contributed by atoms with Crippen molar-refractivity contribution in [3.05, 3.63) is 0 Å². The van der Waals surface area contributed by atoms with Crippen LogP contribution in [-0.2, 0) is 4.79 Å². The van der Waals surface area contributed by atoms with Crippen LogP contribution in [0.15, 0.2) is 0 Å². The minimum atomic E-state index is -0.442. The Morgan fingerprint density at radius 2 is 2.38 bits per heavy atom. The first kappa shape index (κ1) is 5.76. The number of hydrogen-bond donors (Lipinski definition) is 0. The predicted octanol–water partition coefficient (Wildman–Crippen LogP) is 0.637. The monoisotopic (exact) mass is 112 g/mol. The van der Waals surface area contributed by atoms with E-state index >= 15 is 0 Å². The standard InChI is InChI=1S/C6H10NO/c7-6(4-8)3-5-1-2-5/h4-7H,1-3H2. The molecule has 1 radical (unpaired) electrons. The van der Waals surface area contributed by atoms with Crippen LogP contribution in [0.1, 0.15) is 19.3 Å². The Labute approximate surface area is 49.1 Å². The number of hydrogen-bond acceptors (Lipinski definition) is 1. The minimum Gasteiger partial charge on any atom is -0.302 e. The second kappa shape index (κ2) is 2.27. The van der Waals surface area contributed by atoms with Gasteiger partial charge in [0.05, 0.1) is 6.04 Å². The van der Waals surface area contributed by atoms with E-state index in [-0.39, 0.29) is 0 Å². The lowest BCUT2D eigenvalue weighted by atomic mass is 10.2. The van der Waals surface area contributed by atoms with Crippen molar-refractivity contribution in [3.63, 3.8) is 0 Å². The molecule has 1 unspecified atom stereocenters. The van der Waals surface area contributed by atoms with Crippen molar-refractivity contribution in [1.29, 1.82) is 0 Å². The molecule has 8 heavy (non-hydrogen) atoms. The van der Waals surface area contributed by atoms with Gasteiger partial charge in [-0.3, -0.25) is 0 Å². The first-order valence-corrected chi connectivity index (χ1v) is 2.99. The fourth-order valence-electron chi connectivity index (χ4n) is 0.768. The van der Waals surface area contributed by atoms with Crippen LogP contribution < -0.4 is 5.73 Å². The van der Waals surface area contributed by atoms with Crippen LogP contribution >= 0.6 is 0 Å². The van der Waals surface area contributed by atoms with Gasteiger partial charge in [0, 0.05) is 0 Å². The fraction of sp³-hybridized carbons (Fsp3) is 0.833. The van der Waals surface area contributed by atoms with Crippen LogP contribution in [0.4, 0.5) is 0 Å². The molecule has 1 N–H and O–H groups in total. The highest BCUT2D eigenvalue weighted by atomic mass is 16.1. The normalized spacial score (nSPS) is 22.6. The molecule has 1 atom stereocenters. The van der Waals surface area contributed by atoms with Crippen LogP contribution in [0.25, 0.3) is 0 Å². The Hall–Kier alpha value is -0.370. The fourth-order valence-corrected chi connectivity index (χ4v) is 0.768. The number of aldehydes is 1. The second-order valence-electron chi connectivity index (χ2n) is 2.42. The quantitative estimate of drug-likeness (QED) is 0.494. The number of carbonyl (C=O) groups is 1. The lowest BCUT2D eigenvalue weighted by molar-refractivity contribution is -0.109. The van der Waals surface area contributed by atoms with Gasteiger partial charge in [0.15, 0.2) is 0 Å². The smallest absolute Gasteiger partial charge is 0.138 e. The largest absolute Gasteiger partial charge is 0.302 e. The third kappa shape index (κ3) is 1.62. The van der Waals surface area contributed by atoms with E-state index in [9.17, 15) is 4.79 Å². The van der Waals surface area contributed by atoms with Gasteiger partial charge in [-0.1, -0.05) is 12.8 Å². The summed E-state index contributed by atoms with van der Waals surface area (Å²) >= 11 is 0. The molecule has 0 spiro atoms. The van der Waals surface area contributed by atoms with Crippen molar-refractivity contribution in [2.24, 2.45) is 5.92 Å². The number of carbonyl (C=O) groups excluding carboxylic acids is 1. The zero-order chi connectivity index (χ0) is 5.98. The van der Waals surface area contributed by atoms with Gasteiger partial charge >= 0.3 is 0 Å². The predicted molar refractivity (Wildman–Crippen MR) is 30.3 cm³/mol. The van der Waals surface area contributed by atoms with Gasteiger partial charge in [-0.25, -0.2) is 5.73 Å². The van der Waals surface area contributed by atoms with E-state index in [1.807, 2.05) is 0 Å². The topological polar surface area (TPSA) is 40.9 Å². The lowest BCUT2D eigenvalue weighted by Gasteiger charge is -1.96. The summed E-state index contributed by atoms with van der Waals surface area (Å²) < 4.78 is 0. The maximum absolute atomic E-state index is 9.88. The van der Waals surface area contributed by atoms with E-state index in [2.05, 4.69) is 0 Å². The molecule has 1 saturated carbocycles. The molecule has 1 aliphatic rings. The zero-order valence-electron chi connectivity index (χ0n) is 4.76. The van der Waals surface area contributed by atoms with E-state index < -0.39 is 6.04 Å². The Morgan fingerprint density at radius 3 is 2.75 bits per heavy atom. The van der Waals surface area contributed by atoms with Gasteiger partial charge in [-0.2, -0.15) is 0 Å². The van der Waals surface area contributed by atoms with Crippen LogP contribution in [0.5, 0.6) is 0 Å². The van der Waals surface area contributed by atoms with Crippen LogP contribution in [0.3, 0.4) is 0 Å². The van der Waals surface area contributed by atoms with Gasteiger partial charge in [0.1, 0.15) is 6.29 Å². The molecule has 2 nitrogen and oxygen atoms in total. The van der Waals surface area contributed by atoms with Gasteiger partial charge in [-0.05, 0) is 12.3 Å². The molecule has 0 saturated heterocycles. The van der Waals surface area contributed by atoms with E-state index in [4.69, 9.17) is 5.73 Å². The van der Waals surface area contributed by atoms with E-state index in [0.29, 0.717) is 5.92 Å². The molecule has 0 aromatic carbocycles. The molecule has 1 rings (SSSR count). The van der Waals surface area contributed by atoms with E-state index in [0.717, 1.165) is 12.7 Å². The first-order chi connectivity index (χ1) is 3.83. The summed E-state index contributed by atoms with van der Waals surface area (Å²) in [6.07, 6.45) is 3.99. The molecule has 0 aromatic rings. The SMILES string of the molecule is [NH]C(C=O)CC1CC1. The summed E-state index contributed by atoms with van der Waals surface area (Å²) in [4.78, 5) is 9.88. The molecule has 1 aliphatic carbocycles. The Bertz CT molecular complexity index is 88.5. The summed E-state index contributed by atoms with van der Waals surface area (Å²) in [6.45, 7) is 0. The Balaban J connectivity index is 2.06. The lowest BCUT2D eigenvalue weighted by Crippen LogP contribution is -2.10. The van der Waals surface area contributed by atoms with Gasteiger partial charge in [-0.15, -0.1) is 0 Å². The maximum Gasteiger partial charge on any atom is 0.138 e. The van der Waals surface area contributed by atoms with Gasteiger partial charge < -0.3 is 4.79 Å². The number of nitrogens with one attached hydrogen (secondary N) is 1. The van der Waals surface area contributed by atoms with E-state index in [1.54, 1.807) is 0 Å². The van der Waals surface area contributed by atoms with Gasteiger partial charge in [0.25, 0.3) is 0 Å². The molecule has 1 fully saturated rings. The Morgan fingerprint density at radius 1 is 1.75 bits per heavy atom. The van der Waals surface area contributed by atoms with E-state index in [1.165, 1.54) is 12.8 Å². The summed E-state index contributed by atoms with van der Waals surface area (Å²) in [5, 5.41) is 0. The van der Waals surface area contributed by atoms with Crippen LogP contribution in [0, 0.1) is 5.92 Å². The van der Waals surface area contributed by atoms with Crippen LogP contribution in [0.2, 0.25) is 0 Å². The van der Waals surface area contributed by atoms with Gasteiger partial charge in [0.2, 0.25) is 0 Å². The van der Waals surface area contributed by atoms with Crippen molar-refractivity contribution in [2.45, 2.75) is 25.3 Å². The molecule has 0 bridgehead atoms. The van der Waals surface area contributed by atoms with Crippen molar-refractivity contribution in [2.75, 3.05) is 0 Å². The molecular weight excluding hydrogens is 102 g/mol. The van der Waals surface area contributed by atoms with Crippen molar-refractivity contribution in [3.8, 4) is 0 Å². The third-order valence-corrected chi connectivity index (χ3v) is 1.45. The maximum atomic E-state index is 9.88. The Kier molecular flexibility index (Phi) is 1.63. The highest BCUT2D eigenvalue weighted by Gasteiger charge is 2.23. The summed E-state index contributed by atoms with van der Waals surface area (Å²) in [5.74, 6) is 0.711. The molecule has 0 amide bonds. The first-order valence-electron chi connectivity index (χ1n) is 2.99. The highest BCUT2D eigenvalue weighted by Crippen LogP contribution is 2.32. The second-order valence-corrected chi connectivity index (χ2v) is 2.42. The molecule has 0 aliphatic heterocycles. The molecule has 0 aromatic heterocycles. The number of rotatable bonds is 3. The van der Waals surface area contributed by atoms with Crippen LogP contribution in [-0.4, -0.2) is 12.3 Å². The van der Waals surface area contributed by atoms with Crippen molar-refractivity contribution in [1.82, 2.24) is 5.73 Å². The highest BCUT2D eigenvalue weighted by molar-refractivity contribution is 5.56. The molecule has 45 valence electrons. The average molecular weight is 112 g/mol. The average Bonchev–Trinajstić information content (AvgIpc) is 2.50. The molecular formula is C6H10NO. The zero-order valence-corrected chi connectivity index (χ0v) is 4.76. The van der Waals surface area contributed by atoms with Crippen molar-refractivity contribution < 1.29 is 4.79 Å². The summed E-state index contributed by atoms with van der Waals surface area (Å²) in [7, 11) is 0. The summed E-state index contributed by atoms with van der Waals surface area (Å²) in [5.41, 5.74) is 7.02. The molecule has 2 heteroatoms. The molecule has 0 heterocycles.